The topological polar surface area (TPSA) is 54.9 Å². The zero-order valence-corrected chi connectivity index (χ0v) is 14.4. The van der Waals surface area contributed by atoms with Crippen LogP contribution in [-0.4, -0.2) is 51.5 Å². The van der Waals surface area contributed by atoms with Crippen LogP contribution in [0.2, 0.25) is 0 Å². The largest absolute Gasteiger partial charge is 0.381 e. The van der Waals surface area contributed by atoms with Gasteiger partial charge in [0.15, 0.2) is 5.96 Å². The Morgan fingerprint density at radius 1 is 1.41 bits per heavy atom. The first kappa shape index (κ1) is 17.2. The van der Waals surface area contributed by atoms with Gasteiger partial charge in [0.2, 0.25) is 0 Å². The van der Waals surface area contributed by atoms with Crippen molar-refractivity contribution in [2.45, 2.75) is 31.8 Å². The van der Waals surface area contributed by atoms with Crippen LogP contribution in [0.4, 0.5) is 0 Å². The van der Waals surface area contributed by atoms with Gasteiger partial charge in [-0.2, -0.15) is 0 Å². The van der Waals surface area contributed by atoms with Crippen LogP contribution < -0.4 is 10.6 Å². The highest BCUT2D eigenvalue weighted by Crippen LogP contribution is 2.24. The molecule has 0 amide bonds. The van der Waals surface area contributed by atoms with E-state index < -0.39 is 0 Å². The van der Waals surface area contributed by atoms with E-state index in [1.165, 1.54) is 4.88 Å². The van der Waals surface area contributed by atoms with Gasteiger partial charge in [-0.25, -0.2) is 0 Å². The Morgan fingerprint density at radius 2 is 2.23 bits per heavy atom. The Kier molecular flexibility index (Phi) is 7.15. The van der Waals surface area contributed by atoms with Gasteiger partial charge in [0.25, 0.3) is 0 Å². The molecule has 1 aromatic heterocycles. The minimum atomic E-state index is -0.172. The van der Waals surface area contributed by atoms with Crippen molar-refractivity contribution in [3.05, 3.63) is 22.4 Å². The van der Waals surface area contributed by atoms with Crippen molar-refractivity contribution in [1.82, 2.24) is 10.6 Å². The summed E-state index contributed by atoms with van der Waals surface area (Å²) in [5.74, 6) is 0.863. The fourth-order valence-corrected chi connectivity index (χ4v) is 3.20. The molecule has 0 aromatic carbocycles. The molecule has 0 atom stereocenters. The fourth-order valence-electron chi connectivity index (χ4n) is 2.49. The first-order valence-corrected chi connectivity index (χ1v) is 8.83. The highest BCUT2D eigenvalue weighted by Gasteiger charge is 2.32. The molecular weight excluding hydrogens is 298 g/mol. The molecule has 2 rings (SSSR count). The summed E-state index contributed by atoms with van der Waals surface area (Å²) < 4.78 is 11.2. The average Bonchev–Trinajstić information content (AvgIpc) is 3.07. The normalized spacial score (nSPS) is 18.2. The van der Waals surface area contributed by atoms with Gasteiger partial charge in [-0.15, -0.1) is 11.3 Å². The summed E-state index contributed by atoms with van der Waals surface area (Å²) in [6.45, 7) is 6.00. The van der Waals surface area contributed by atoms with Crippen molar-refractivity contribution >= 4 is 17.3 Å². The number of rotatable bonds is 7. The molecule has 0 unspecified atom stereocenters. The van der Waals surface area contributed by atoms with Gasteiger partial charge in [-0.05, 0) is 24.8 Å². The molecule has 0 bridgehead atoms. The maximum absolute atomic E-state index is 5.73. The third-order valence-electron chi connectivity index (χ3n) is 3.95. The van der Waals surface area contributed by atoms with Crippen LogP contribution in [0, 0.1) is 0 Å². The summed E-state index contributed by atoms with van der Waals surface area (Å²) in [5.41, 5.74) is -0.172. The Balaban J connectivity index is 1.85. The molecule has 2 heterocycles. The van der Waals surface area contributed by atoms with E-state index in [0.29, 0.717) is 6.54 Å². The van der Waals surface area contributed by atoms with E-state index >= 15 is 0 Å². The number of hydrogen-bond donors (Lipinski definition) is 2. The lowest BCUT2D eigenvalue weighted by Crippen LogP contribution is -2.44. The van der Waals surface area contributed by atoms with Crippen LogP contribution in [-0.2, 0) is 15.9 Å². The molecule has 1 aliphatic rings. The summed E-state index contributed by atoms with van der Waals surface area (Å²) in [6, 6.07) is 4.26. The molecule has 1 aliphatic heterocycles. The molecule has 22 heavy (non-hydrogen) atoms. The highest BCUT2D eigenvalue weighted by molar-refractivity contribution is 7.09. The lowest BCUT2D eigenvalue weighted by atomic mass is 9.94. The van der Waals surface area contributed by atoms with Crippen molar-refractivity contribution in [2.24, 2.45) is 4.99 Å². The Labute approximate surface area is 137 Å². The SMILES string of the molecule is CCNC(=NCC1(OC)CCOCC1)NCCc1cccs1. The summed E-state index contributed by atoms with van der Waals surface area (Å²) in [5, 5.41) is 8.81. The van der Waals surface area contributed by atoms with Crippen LogP contribution in [0.25, 0.3) is 0 Å². The lowest BCUT2D eigenvalue weighted by Gasteiger charge is -2.34. The molecule has 2 N–H and O–H groups in total. The fraction of sp³-hybridized carbons (Fsp3) is 0.688. The maximum Gasteiger partial charge on any atom is 0.191 e. The summed E-state index contributed by atoms with van der Waals surface area (Å²) in [6.07, 6.45) is 2.83. The molecule has 1 saturated heterocycles. The second-order valence-corrected chi connectivity index (χ2v) is 6.48. The number of methoxy groups -OCH3 is 1. The monoisotopic (exact) mass is 325 g/mol. The summed E-state index contributed by atoms with van der Waals surface area (Å²) >= 11 is 1.79. The van der Waals surface area contributed by atoms with Crippen molar-refractivity contribution < 1.29 is 9.47 Å². The molecule has 1 fully saturated rings. The summed E-state index contributed by atoms with van der Waals surface area (Å²) in [4.78, 5) is 6.11. The van der Waals surface area contributed by atoms with E-state index in [2.05, 4.69) is 35.1 Å². The van der Waals surface area contributed by atoms with Crippen molar-refractivity contribution in [1.29, 1.82) is 0 Å². The number of guanidine groups is 1. The van der Waals surface area contributed by atoms with Gasteiger partial charge in [-0.3, -0.25) is 4.99 Å². The van der Waals surface area contributed by atoms with Crippen molar-refractivity contribution in [3.63, 3.8) is 0 Å². The van der Waals surface area contributed by atoms with E-state index in [-0.39, 0.29) is 5.60 Å². The smallest absolute Gasteiger partial charge is 0.191 e. The van der Waals surface area contributed by atoms with Gasteiger partial charge in [0, 0.05) is 51.1 Å². The van der Waals surface area contributed by atoms with Crippen LogP contribution in [0.5, 0.6) is 0 Å². The second kappa shape index (κ2) is 9.12. The predicted octanol–water partition coefficient (Wildman–Crippen LogP) is 2.04. The number of aliphatic imine (C=N–C) groups is 1. The predicted molar refractivity (Wildman–Crippen MR) is 91.8 cm³/mol. The van der Waals surface area contributed by atoms with Crippen LogP contribution in [0.3, 0.4) is 0 Å². The summed E-state index contributed by atoms with van der Waals surface area (Å²) in [7, 11) is 1.78. The molecule has 0 spiro atoms. The van der Waals surface area contributed by atoms with E-state index in [1.54, 1.807) is 18.4 Å². The standard InChI is InChI=1S/C16H27N3O2S/c1-3-17-15(18-9-6-14-5-4-12-22-14)19-13-16(20-2)7-10-21-11-8-16/h4-5,12H,3,6-11,13H2,1-2H3,(H2,17,18,19). The van der Waals surface area contributed by atoms with E-state index in [4.69, 9.17) is 14.5 Å². The molecular formula is C16H27N3O2S. The van der Waals surface area contributed by atoms with Gasteiger partial charge >= 0.3 is 0 Å². The average molecular weight is 325 g/mol. The van der Waals surface area contributed by atoms with E-state index in [0.717, 1.165) is 51.5 Å². The van der Waals surface area contributed by atoms with Crippen LogP contribution in [0.1, 0.15) is 24.6 Å². The van der Waals surface area contributed by atoms with Gasteiger partial charge in [0.05, 0.1) is 12.1 Å². The maximum atomic E-state index is 5.73. The minimum absolute atomic E-state index is 0.172. The zero-order valence-electron chi connectivity index (χ0n) is 13.6. The lowest BCUT2D eigenvalue weighted by molar-refractivity contribution is -0.0828. The Bertz CT molecular complexity index is 442. The molecule has 124 valence electrons. The van der Waals surface area contributed by atoms with Crippen LogP contribution in [0.15, 0.2) is 22.5 Å². The Morgan fingerprint density at radius 3 is 2.86 bits per heavy atom. The first-order valence-electron chi connectivity index (χ1n) is 7.95. The van der Waals surface area contributed by atoms with Gasteiger partial charge < -0.3 is 20.1 Å². The van der Waals surface area contributed by atoms with E-state index in [1.807, 2.05) is 0 Å². The van der Waals surface area contributed by atoms with Gasteiger partial charge in [-0.1, -0.05) is 6.07 Å². The first-order chi connectivity index (χ1) is 10.8. The number of nitrogens with zero attached hydrogens (tertiary/aromatic N) is 1. The number of nitrogens with one attached hydrogen (secondary N) is 2. The molecule has 6 heteroatoms. The quantitative estimate of drug-likeness (QED) is 0.595. The number of ether oxygens (including phenoxy) is 2. The van der Waals surface area contributed by atoms with Gasteiger partial charge in [0.1, 0.15) is 0 Å². The van der Waals surface area contributed by atoms with Crippen LogP contribution >= 0.6 is 11.3 Å². The number of hydrogen-bond acceptors (Lipinski definition) is 4. The molecule has 0 saturated carbocycles. The third-order valence-corrected chi connectivity index (χ3v) is 4.89. The van der Waals surface area contributed by atoms with Crippen molar-refractivity contribution in [2.75, 3.05) is 40.0 Å². The molecule has 0 radical (unpaired) electrons. The number of thiophene rings is 1. The third kappa shape index (κ3) is 5.26. The van der Waals surface area contributed by atoms with E-state index in [9.17, 15) is 0 Å². The molecule has 5 nitrogen and oxygen atoms in total. The zero-order chi connectivity index (χ0) is 15.7. The van der Waals surface area contributed by atoms with Crippen molar-refractivity contribution in [3.8, 4) is 0 Å². The molecule has 0 aliphatic carbocycles. The molecule has 1 aromatic rings. The minimum Gasteiger partial charge on any atom is -0.381 e. The highest BCUT2D eigenvalue weighted by atomic mass is 32.1. The second-order valence-electron chi connectivity index (χ2n) is 5.45. The Hall–Kier alpha value is -1.11.